The Morgan fingerprint density at radius 2 is 1.50 bits per heavy atom. The highest BCUT2D eigenvalue weighted by Crippen LogP contribution is 2.28. The number of carbonyl (C=O) groups is 3. The molecule has 0 spiro atoms. The molecular formula is C31H23Cl2F2N3O3S. The van der Waals surface area contributed by atoms with E-state index >= 15 is 0 Å². The van der Waals surface area contributed by atoms with Crippen LogP contribution < -0.4 is 16.0 Å². The van der Waals surface area contributed by atoms with Crippen LogP contribution in [0.4, 0.5) is 20.2 Å². The van der Waals surface area contributed by atoms with Gasteiger partial charge in [-0.05, 0) is 73.7 Å². The fourth-order valence-corrected chi connectivity index (χ4v) is 4.98. The standard InChI is InChI=1S/C31H23Cl2F2N3O3S/c1-18(29(39)36-21-13-14-27(35)25(33)16-21)42-22-10-5-9-20(15-22)37-31(41)28(17-23-24(32)11-6-12-26(23)34)38-30(40)19-7-3-2-4-8-19/h2-18H,1H3,(H,36,39)(H,37,41)(H,38,40)/b28-17+. The van der Waals surface area contributed by atoms with E-state index in [4.69, 9.17) is 23.2 Å². The molecule has 0 bridgehead atoms. The second-order valence-corrected chi connectivity index (χ2v) is 11.1. The number of halogens is 4. The largest absolute Gasteiger partial charge is 0.325 e. The van der Waals surface area contributed by atoms with Crippen LogP contribution in [0.15, 0.2) is 102 Å². The van der Waals surface area contributed by atoms with Crippen LogP contribution in [-0.4, -0.2) is 23.0 Å². The molecule has 11 heteroatoms. The van der Waals surface area contributed by atoms with E-state index in [2.05, 4.69) is 16.0 Å². The smallest absolute Gasteiger partial charge is 0.272 e. The number of amides is 3. The van der Waals surface area contributed by atoms with Crippen LogP contribution in [0.2, 0.25) is 10.0 Å². The molecule has 42 heavy (non-hydrogen) atoms. The summed E-state index contributed by atoms with van der Waals surface area (Å²) >= 11 is 13.2. The minimum Gasteiger partial charge on any atom is -0.325 e. The molecule has 1 atom stereocenters. The van der Waals surface area contributed by atoms with E-state index in [0.717, 1.165) is 6.07 Å². The van der Waals surface area contributed by atoms with Crippen molar-refractivity contribution in [3.05, 3.63) is 129 Å². The van der Waals surface area contributed by atoms with E-state index in [1.54, 1.807) is 61.5 Å². The minimum atomic E-state index is -0.722. The van der Waals surface area contributed by atoms with Gasteiger partial charge in [0.1, 0.15) is 17.3 Å². The first-order valence-corrected chi connectivity index (χ1v) is 14.1. The fourth-order valence-electron chi connectivity index (χ4n) is 3.66. The Labute approximate surface area is 255 Å². The summed E-state index contributed by atoms with van der Waals surface area (Å²) in [6.07, 6.45) is 1.17. The van der Waals surface area contributed by atoms with Crippen molar-refractivity contribution in [3.63, 3.8) is 0 Å². The number of benzene rings is 4. The molecule has 4 rings (SSSR count). The Morgan fingerprint density at radius 3 is 2.21 bits per heavy atom. The Balaban J connectivity index is 1.51. The van der Waals surface area contributed by atoms with Gasteiger partial charge in [-0.1, -0.05) is 53.5 Å². The Kier molecular flexibility index (Phi) is 10.4. The molecule has 0 fully saturated rings. The van der Waals surface area contributed by atoms with Gasteiger partial charge in [0.2, 0.25) is 5.91 Å². The summed E-state index contributed by atoms with van der Waals surface area (Å²) in [5.41, 5.74) is 0.711. The summed E-state index contributed by atoms with van der Waals surface area (Å²) in [5.74, 6) is -2.90. The van der Waals surface area contributed by atoms with Crippen LogP contribution in [0.3, 0.4) is 0 Å². The minimum absolute atomic E-state index is 0.0582. The molecule has 0 saturated heterocycles. The lowest BCUT2D eigenvalue weighted by molar-refractivity contribution is -0.115. The van der Waals surface area contributed by atoms with Gasteiger partial charge in [-0.25, -0.2) is 8.78 Å². The quantitative estimate of drug-likeness (QED) is 0.131. The summed E-state index contributed by atoms with van der Waals surface area (Å²) in [7, 11) is 0. The van der Waals surface area contributed by atoms with Crippen molar-refractivity contribution in [3.8, 4) is 0 Å². The normalized spacial score (nSPS) is 11.9. The lowest BCUT2D eigenvalue weighted by atomic mass is 10.1. The van der Waals surface area contributed by atoms with E-state index in [0.29, 0.717) is 21.8 Å². The van der Waals surface area contributed by atoms with Gasteiger partial charge in [-0.2, -0.15) is 0 Å². The zero-order chi connectivity index (χ0) is 30.2. The molecule has 0 aliphatic rings. The SMILES string of the molecule is CC(Sc1cccc(NC(=O)/C(=C\c2c(F)cccc2Cl)NC(=O)c2ccccc2)c1)C(=O)Nc1ccc(F)c(Cl)c1. The first kappa shape index (κ1) is 30.8. The van der Waals surface area contributed by atoms with Crippen LogP contribution >= 0.6 is 35.0 Å². The van der Waals surface area contributed by atoms with Gasteiger partial charge in [0.25, 0.3) is 11.8 Å². The molecule has 0 aliphatic carbocycles. The van der Waals surface area contributed by atoms with Crippen molar-refractivity contribution in [2.75, 3.05) is 10.6 Å². The average Bonchev–Trinajstić information content (AvgIpc) is 2.97. The molecule has 0 radical (unpaired) electrons. The first-order valence-electron chi connectivity index (χ1n) is 12.5. The molecular weight excluding hydrogens is 603 g/mol. The van der Waals surface area contributed by atoms with Crippen LogP contribution in [-0.2, 0) is 9.59 Å². The van der Waals surface area contributed by atoms with Crippen LogP contribution in [0, 0.1) is 11.6 Å². The zero-order valence-corrected chi connectivity index (χ0v) is 24.3. The lowest BCUT2D eigenvalue weighted by Crippen LogP contribution is -2.30. The maximum Gasteiger partial charge on any atom is 0.272 e. The molecule has 4 aromatic rings. The highest BCUT2D eigenvalue weighted by atomic mass is 35.5. The number of hydrogen-bond donors (Lipinski definition) is 3. The Morgan fingerprint density at radius 1 is 0.786 bits per heavy atom. The predicted octanol–water partition coefficient (Wildman–Crippen LogP) is 7.80. The van der Waals surface area contributed by atoms with Crippen molar-refractivity contribution in [2.45, 2.75) is 17.1 Å². The molecule has 0 aliphatic heterocycles. The molecule has 214 valence electrons. The first-order chi connectivity index (χ1) is 20.1. The second kappa shape index (κ2) is 14.1. The van der Waals surface area contributed by atoms with Crippen LogP contribution in [0.5, 0.6) is 0 Å². The summed E-state index contributed by atoms with van der Waals surface area (Å²) in [6, 6.07) is 22.9. The predicted molar refractivity (Wildman–Crippen MR) is 164 cm³/mol. The van der Waals surface area contributed by atoms with Gasteiger partial charge < -0.3 is 16.0 Å². The topological polar surface area (TPSA) is 87.3 Å². The summed E-state index contributed by atoms with van der Waals surface area (Å²) in [6.45, 7) is 1.69. The van der Waals surface area contributed by atoms with Gasteiger partial charge in [0, 0.05) is 27.4 Å². The lowest BCUT2D eigenvalue weighted by Gasteiger charge is -2.14. The maximum atomic E-state index is 14.5. The molecule has 6 nitrogen and oxygen atoms in total. The van der Waals surface area contributed by atoms with Crippen molar-refractivity contribution in [2.24, 2.45) is 0 Å². The van der Waals surface area contributed by atoms with Crippen LogP contribution in [0.25, 0.3) is 6.08 Å². The van der Waals surface area contributed by atoms with E-state index < -0.39 is 28.7 Å². The molecule has 4 aromatic carbocycles. The van der Waals surface area contributed by atoms with Gasteiger partial charge >= 0.3 is 0 Å². The number of thioether (sulfide) groups is 1. The van der Waals surface area contributed by atoms with Crippen molar-refractivity contribution in [1.82, 2.24) is 5.32 Å². The van der Waals surface area contributed by atoms with Crippen LogP contribution in [0.1, 0.15) is 22.8 Å². The number of rotatable bonds is 9. The molecule has 0 saturated carbocycles. The van der Waals surface area contributed by atoms with E-state index in [1.807, 2.05) is 0 Å². The van der Waals surface area contributed by atoms with Gasteiger partial charge in [-0.3, -0.25) is 14.4 Å². The summed E-state index contributed by atoms with van der Waals surface area (Å²) in [4.78, 5) is 39.5. The van der Waals surface area contributed by atoms with Crippen molar-refractivity contribution < 1.29 is 23.2 Å². The van der Waals surface area contributed by atoms with Crippen molar-refractivity contribution in [1.29, 1.82) is 0 Å². The Bertz CT molecular complexity index is 1650. The molecule has 3 amide bonds. The number of nitrogens with one attached hydrogen (secondary N) is 3. The molecule has 0 heterocycles. The number of hydrogen-bond acceptors (Lipinski definition) is 4. The summed E-state index contributed by atoms with van der Waals surface area (Å²) in [5, 5.41) is 7.31. The maximum absolute atomic E-state index is 14.5. The second-order valence-electron chi connectivity index (χ2n) is 8.87. The van der Waals surface area contributed by atoms with Gasteiger partial charge in [-0.15, -0.1) is 11.8 Å². The number of carbonyl (C=O) groups excluding carboxylic acids is 3. The highest BCUT2D eigenvalue weighted by Gasteiger charge is 2.19. The third-order valence-corrected chi connectivity index (χ3v) is 7.49. The number of anilines is 2. The third-order valence-electron chi connectivity index (χ3n) is 5.78. The molecule has 3 N–H and O–H groups in total. The van der Waals surface area contributed by atoms with E-state index in [-0.39, 0.29) is 27.2 Å². The monoisotopic (exact) mass is 625 g/mol. The fraction of sp³-hybridized carbons (Fsp3) is 0.0645. The highest BCUT2D eigenvalue weighted by molar-refractivity contribution is 8.00. The Hall–Kier alpha value is -4.18. The van der Waals surface area contributed by atoms with Gasteiger partial charge in [0.05, 0.1) is 15.3 Å². The van der Waals surface area contributed by atoms with Gasteiger partial charge in [0.15, 0.2) is 0 Å². The van der Waals surface area contributed by atoms with E-state index in [9.17, 15) is 23.2 Å². The third kappa shape index (κ3) is 8.19. The van der Waals surface area contributed by atoms with Crippen molar-refractivity contribution >= 4 is 70.1 Å². The summed E-state index contributed by atoms with van der Waals surface area (Å²) < 4.78 is 28.0. The van der Waals surface area contributed by atoms with E-state index in [1.165, 1.54) is 48.2 Å². The molecule has 0 aromatic heterocycles. The average molecular weight is 627 g/mol. The zero-order valence-electron chi connectivity index (χ0n) is 22.0. The molecule has 1 unspecified atom stereocenters.